The van der Waals surface area contributed by atoms with E-state index in [9.17, 15) is 19.8 Å². The normalized spacial score (nSPS) is 19.9. The summed E-state index contributed by atoms with van der Waals surface area (Å²) in [4.78, 5) is 27.2. The molecular formula is C20H23NO4S. The molecule has 0 unspecified atom stereocenters. The van der Waals surface area contributed by atoms with Gasteiger partial charge in [0, 0.05) is 17.3 Å². The number of carbonyl (C=O) groups excluding carboxylic acids is 1. The number of aliphatic hydroxyl groups excluding tert-OH is 1. The fraction of sp³-hybridized carbons (Fsp3) is 0.400. The average molecular weight is 373 g/mol. The van der Waals surface area contributed by atoms with E-state index < -0.39 is 5.97 Å². The minimum Gasteiger partial charge on any atom is -0.477 e. The molecule has 1 fully saturated rings. The first-order valence-corrected chi connectivity index (χ1v) is 9.75. The summed E-state index contributed by atoms with van der Waals surface area (Å²) in [6, 6.07) is 11.4. The van der Waals surface area contributed by atoms with Crippen LogP contribution < -0.4 is 4.90 Å². The molecule has 0 spiro atoms. The molecule has 0 radical (unpaired) electrons. The second kappa shape index (κ2) is 8.01. The summed E-state index contributed by atoms with van der Waals surface area (Å²) in [6.45, 7) is 1.79. The number of carbonyl (C=O) groups is 2. The first kappa shape index (κ1) is 18.6. The topological polar surface area (TPSA) is 77.8 Å². The minimum atomic E-state index is -1.02. The highest BCUT2D eigenvalue weighted by atomic mass is 32.1. The van der Waals surface area contributed by atoms with E-state index in [1.165, 1.54) is 11.3 Å². The van der Waals surface area contributed by atoms with Crippen molar-refractivity contribution < 1.29 is 19.8 Å². The van der Waals surface area contributed by atoms with Crippen molar-refractivity contribution >= 4 is 28.9 Å². The Bertz CT molecular complexity index is 778. The quantitative estimate of drug-likeness (QED) is 0.825. The van der Waals surface area contributed by atoms with E-state index in [0.29, 0.717) is 37.8 Å². The zero-order valence-electron chi connectivity index (χ0n) is 14.7. The molecule has 1 aliphatic carbocycles. The first-order chi connectivity index (χ1) is 12.5. The van der Waals surface area contributed by atoms with Crippen molar-refractivity contribution in [3.63, 3.8) is 0 Å². The molecule has 2 aromatic rings. The molecule has 1 aromatic carbocycles. The molecule has 138 valence electrons. The van der Waals surface area contributed by atoms with E-state index in [-0.39, 0.29) is 22.9 Å². The van der Waals surface area contributed by atoms with Gasteiger partial charge < -0.3 is 15.1 Å². The van der Waals surface area contributed by atoms with E-state index >= 15 is 0 Å². The maximum absolute atomic E-state index is 12.7. The van der Waals surface area contributed by atoms with Crippen LogP contribution in [-0.4, -0.2) is 34.2 Å². The highest BCUT2D eigenvalue weighted by Crippen LogP contribution is 2.39. The first-order valence-electron chi connectivity index (χ1n) is 8.94. The van der Waals surface area contributed by atoms with Crippen LogP contribution in [0.4, 0.5) is 5.69 Å². The summed E-state index contributed by atoms with van der Waals surface area (Å²) in [6.07, 6.45) is 2.62. The minimum absolute atomic E-state index is 0.0674. The van der Waals surface area contributed by atoms with Gasteiger partial charge in [0.05, 0.1) is 11.8 Å². The van der Waals surface area contributed by atoms with Crippen molar-refractivity contribution in [1.82, 2.24) is 0 Å². The summed E-state index contributed by atoms with van der Waals surface area (Å²) in [5.74, 6) is -1.09. The predicted molar refractivity (Wildman–Crippen MR) is 103 cm³/mol. The van der Waals surface area contributed by atoms with Gasteiger partial charge in [-0.05, 0) is 37.3 Å². The van der Waals surface area contributed by atoms with Gasteiger partial charge in [-0.2, -0.15) is 0 Å². The van der Waals surface area contributed by atoms with Crippen molar-refractivity contribution in [2.24, 2.45) is 0 Å². The number of hydrogen-bond acceptors (Lipinski definition) is 4. The van der Waals surface area contributed by atoms with Crippen molar-refractivity contribution in [2.75, 3.05) is 4.90 Å². The van der Waals surface area contributed by atoms with E-state index in [1.807, 2.05) is 36.4 Å². The maximum Gasteiger partial charge on any atom is 0.348 e. The number of anilines is 1. The fourth-order valence-electron chi connectivity index (χ4n) is 3.48. The Labute approximate surface area is 156 Å². The lowest BCUT2D eigenvalue weighted by atomic mass is 9.91. The van der Waals surface area contributed by atoms with Crippen LogP contribution in [0.15, 0.2) is 36.4 Å². The summed E-state index contributed by atoms with van der Waals surface area (Å²) in [7, 11) is 0. The van der Waals surface area contributed by atoms with Crippen LogP contribution in [0.5, 0.6) is 0 Å². The van der Waals surface area contributed by atoms with Gasteiger partial charge in [-0.1, -0.05) is 37.3 Å². The summed E-state index contributed by atoms with van der Waals surface area (Å²) in [5.41, 5.74) is 1.42. The number of amides is 1. The molecule has 2 N–H and O–H groups in total. The van der Waals surface area contributed by atoms with Gasteiger partial charge in [-0.15, -0.1) is 11.3 Å². The Morgan fingerprint density at radius 2 is 1.81 bits per heavy atom. The third kappa shape index (κ3) is 3.81. The maximum atomic E-state index is 12.7. The van der Waals surface area contributed by atoms with Gasteiger partial charge in [0.25, 0.3) is 0 Å². The van der Waals surface area contributed by atoms with Crippen LogP contribution >= 0.6 is 11.3 Å². The number of nitrogens with zero attached hydrogens (tertiary/aromatic N) is 1. The number of carboxylic acid groups (broad SMARTS) is 1. The van der Waals surface area contributed by atoms with Crippen LogP contribution in [-0.2, 0) is 4.79 Å². The highest BCUT2D eigenvalue weighted by molar-refractivity contribution is 7.18. The number of rotatable bonds is 5. The van der Waals surface area contributed by atoms with E-state index in [1.54, 1.807) is 11.8 Å². The van der Waals surface area contributed by atoms with Crippen molar-refractivity contribution in [1.29, 1.82) is 0 Å². The molecule has 5 nitrogen and oxygen atoms in total. The number of carboxylic acids is 1. The predicted octanol–water partition coefficient (Wildman–Crippen LogP) is 4.16. The molecule has 1 aromatic heterocycles. The molecule has 0 bridgehead atoms. The zero-order chi connectivity index (χ0) is 18.7. The Morgan fingerprint density at radius 1 is 1.15 bits per heavy atom. The van der Waals surface area contributed by atoms with Gasteiger partial charge in [0.2, 0.25) is 5.91 Å². The Morgan fingerprint density at radius 3 is 2.38 bits per heavy atom. The largest absolute Gasteiger partial charge is 0.477 e. The van der Waals surface area contributed by atoms with E-state index in [0.717, 1.165) is 10.4 Å². The Hall–Kier alpha value is -2.18. The van der Waals surface area contributed by atoms with Crippen LogP contribution in [0.1, 0.15) is 48.7 Å². The molecule has 0 aliphatic heterocycles. The standard InChI is InChI=1S/C20H23NO4S/c1-2-18(23)21(14-8-10-15(22)11-9-14)16-12-17(26-19(16)20(24)25)13-6-4-3-5-7-13/h3-7,12,14-15,22H,2,8-11H2,1H3,(H,24,25). The smallest absolute Gasteiger partial charge is 0.348 e. The fourth-order valence-corrected chi connectivity index (χ4v) is 4.47. The molecule has 3 rings (SSSR count). The average Bonchev–Trinajstić information content (AvgIpc) is 3.09. The number of aromatic carboxylic acids is 1. The zero-order valence-corrected chi connectivity index (χ0v) is 15.5. The lowest BCUT2D eigenvalue weighted by molar-refractivity contribution is -0.119. The van der Waals surface area contributed by atoms with Gasteiger partial charge >= 0.3 is 5.97 Å². The van der Waals surface area contributed by atoms with E-state index in [4.69, 9.17) is 0 Å². The molecule has 0 saturated heterocycles. The van der Waals surface area contributed by atoms with Crippen LogP contribution in [0.25, 0.3) is 10.4 Å². The third-order valence-corrected chi connectivity index (χ3v) is 5.99. The lowest BCUT2D eigenvalue weighted by Gasteiger charge is -2.35. The Kier molecular flexibility index (Phi) is 5.74. The molecule has 1 amide bonds. The van der Waals surface area contributed by atoms with Crippen LogP contribution in [0, 0.1) is 0 Å². The molecule has 1 heterocycles. The number of benzene rings is 1. The van der Waals surface area contributed by atoms with Gasteiger partial charge in [0.15, 0.2) is 0 Å². The third-order valence-electron chi connectivity index (χ3n) is 4.83. The second-order valence-electron chi connectivity index (χ2n) is 6.58. The van der Waals surface area contributed by atoms with Crippen molar-refractivity contribution in [3.05, 3.63) is 41.3 Å². The molecule has 6 heteroatoms. The van der Waals surface area contributed by atoms with Gasteiger partial charge in [-0.25, -0.2) is 4.79 Å². The van der Waals surface area contributed by atoms with Crippen LogP contribution in [0.2, 0.25) is 0 Å². The molecule has 0 atom stereocenters. The highest BCUT2D eigenvalue weighted by Gasteiger charge is 2.32. The summed E-state index contributed by atoms with van der Waals surface area (Å²) >= 11 is 1.20. The number of thiophene rings is 1. The Balaban J connectivity index is 2.03. The monoisotopic (exact) mass is 373 g/mol. The van der Waals surface area contributed by atoms with Gasteiger partial charge in [-0.3, -0.25) is 4.79 Å². The van der Waals surface area contributed by atoms with Crippen molar-refractivity contribution in [2.45, 2.75) is 51.2 Å². The number of aliphatic hydroxyl groups is 1. The van der Waals surface area contributed by atoms with Crippen LogP contribution in [0.3, 0.4) is 0 Å². The molecule has 1 aliphatic rings. The SMILES string of the molecule is CCC(=O)N(c1cc(-c2ccccc2)sc1C(=O)O)C1CCC(O)CC1. The summed E-state index contributed by atoms with van der Waals surface area (Å²) in [5, 5.41) is 19.5. The van der Waals surface area contributed by atoms with Gasteiger partial charge in [0.1, 0.15) is 4.88 Å². The molecule has 1 saturated carbocycles. The van der Waals surface area contributed by atoms with E-state index in [2.05, 4.69) is 0 Å². The summed E-state index contributed by atoms with van der Waals surface area (Å²) < 4.78 is 0. The second-order valence-corrected chi connectivity index (χ2v) is 7.63. The van der Waals surface area contributed by atoms with Crippen molar-refractivity contribution in [3.8, 4) is 10.4 Å². The number of hydrogen-bond donors (Lipinski definition) is 2. The molecular weight excluding hydrogens is 350 g/mol. The lowest BCUT2D eigenvalue weighted by Crippen LogP contribution is -2.43. The molecule has 26 heavy (non-hydrogen) atoms.